The van der Waals surface area contributed by atoms with E-state index in [1.807, 2.05) is 0 Å². The summed E-state index contributed by atoms with van der Waals surface area (Å²) in [6.45, 7) is 6.57. The van der Waals surface area contributed by atoms with Gasteiger partial charge in [0.05, 0.1) is 6.42 Å². The molecular weight excluding hydrogens is 676 g/mol. The smallest absolute Gasteiger partial charge is 0.326 e. The van der Waals surface area contributed by atoms with E-state index in [0.717, 1.165) is 32.1 Å². The first-order valence-corrected chi connectivity index (χ1v) is 17.6. The van der Waals surface area contributed by atoms with Gasteiger partial charge in [-0.1, -0.05) is 83.2 Å². The third kappa shape index (κ3) is 16.3. The minimum atomic E-state index is -1.69. The van der Waals surface area contributed by atoms with Gasteiger partial charge < -0.3 is 42.5 Å². The molecule has 16 nitrogen and oxygen atoms in total. The van der Waals surface area contributed by atoms with Crippen LogP contribution >= 0.6 is 0 Å². The van der Waals surface area contributed by atoms with Gasteiger partial charge in [-0.15, -0.1) is 0 Å². The lowest BCUT2D eigenvalue weighted by Gasteiger charge is -2.30. The Labute approximate surface area is 303 Å². The number of nitrogens with one attached hydrogen (secondary N) is 5. The van der Waals surface area contributed by atoms with Crippen LogP contribution in [0.1, 0.15) is 97.5 Å². The molecule has 2 rings (SSSR count). The second kappa shape index (κ2) is 20.7. The van der Waals surface area contributed by atoms with Gasteiger partial charge in [0.1, 0.15) is 30.2 Å². The molecule has 5 atom stereocenters. The van der Waals surface area contributed by atoms with Gasteiger partial charge >= 0.3 is 11.9 Å². The number of carboxylic acid groups (broad SMARTS) is 2. The van der Waals surface area contributed by atoms with Gasteiger partial charge in [0.25, 0.3) is 0 Å². The molecule has 0 bridgehead atoms. The van der Waals surface area contributed by atoms with Crippen molar-refractivity contribution in [1.82, 2.24) is 26.6 Å². The zero-order chi connectivity index (χ0) is 39.0. The van der Waals surface area contributed by atoms with Gasteiger partial charge in [0.2, 0.25) is 35.4 Å². The van der Waals surface area contributed by atoms with Crippen LogP contribution in [0.15, 0.2) is 30.3 Å². The van der Waals surface area contributed by atoms with E-state index in [9.17, 15) is 48.6 Å². The fraction of sp³-hybridized carbons (Fsp3) is 0.611. The summed E-state index contributed by atoms with van der Waals surface area (Å²) in [5, 5.41) is 32.0. The van der Waals surface area contributed by atoms with Crippen LogP contribution in [0.2, 0.25) is 0 Å². The van der Waals surface area contributed by atoms with Crippen molar-refractivity contribution < 1.29 is 48.6 Å². The quantitative estimate of drug-likeness (QED) is 0.0940. The highest BCUT2D eigenvalue weighted by Gasteiger charge is 2.35. The van der Waals surface area contributed by atoms with E-state index in [2.05, 4.69) is 26.6 Å². The number of carbonyl (C=O) groups excluding carboxylic acids is 6. The Morgan fingerprint density at radius 3 is 1.79 bits per heavy atom. The van der Waals surface area contributed by atoms with Crippen molar-refractivity contribution in [1.29, 1.82) is 0 Å². The lowest BCUT2D eigenvalue weighted by Crippen LogP contribution is -2.59. The Morgan fingerprint density at radius 1 is 0.731 bits per heavy atom. The fourth-order valence-corrected chi connectivity index (χ4v) is 6.13. The number of benzene rings is 1. The van der Waals surface area contributed by atoms with E-state index in [4.69, 9.17) is 5.73 Å². The van der Waals surface area contributed by atoms with Gasteiger partial charge in [0, 0.05) is 19.8 Å². The van der Waals surface area contributed by atoms with Crippen molar-refractivity contribution >= 4 is 47.4 Å². The molecule has 1 saturated carbocycles. The Kier molecular flexibility index (Phi) is 17.2. The standard InChI is InChI=1S/C36H54N6O10/c1-21(43)38-24(15-16-29(37)44)31(47)39-25(17-22-11-7-5-8-12-22)32(48)40-26(19-30(45)46)33(49)42-28(20-36(2,3)4)34(50)41-27(35(51)52)18-23-13-9-6-10-14-23/h6,9-10,13-14,22,24-28H,5,7-8,11-12,15-20H2,1-4H3,(H2,37,44)(H,38,43)(H,39,47)(H,40,48)(H,41,50)(H,42,49)(H,45,46)(H,51,52)/t24-,25-,26-,27?,28-/m0/s1. The van der Waals surface area contributed by atoms with Gasteiger partial charge in [-0.25, -0.2) is 4.79 Å². The Morgan fingerprint density at radius 2 is 1.25 bits per heavy atom. The molecule has 288 valence electrons. The van der Waals surface area contributed by atoms with E-state index < -0.39 is 89.4 Å². The number of amides is 6. The van der Waals surface area contributed by atoms with Crippen LogP contribution in [0.3, 0.4) is 0 Å². The average molecular weight is 731 g/mol. The van der Waals surface area contributed by atoms with Crippen LogP contribution in [0.5, 0.6) is 0 Å². The molecule has 0 radical (unpaired) electrons. The number of rotatable bonds is 20. The number of carboxylic acids is 2. The number of hydrogen-bond acceptors (Lipinski definition) is 8. The van der Waals surface area contributed by atoms with Crippen molar-refractivity contribution in [2.45, 2.75) is 129 Å². The molecule has 9 N–H and O–H groups in total. The monoisotopic (exact) mass is 730 g/mol. The largest absolute Gasteiger partial charge is 0.481 e. The SMILES string of the molecule is CC(=O)N[C@@H](CCC(N)=O)C(=O)N[C@@H](CC1CCCCC1)C(=O)N[C@@H](CC(=O)O)C(=O)N[C@@H](CC(C)(C)C)C(=O)NC(Cc1ccccc1)C(=O)O. The zero-order valence-corrected chi connectivity index (χ0v) is 30.4. The summed E-state index contributed by atoms with van der Waals surface area (Å²) in [5.41, 5.74) is 5.33. The van der Waals surface area contributed by atoms with Crippen LogP contribution in [-0.2, 0) is 44.8 Å². The first kappa shape index (κ1) is 43.1. The molecule has 0 aromatic heterocycles. The highest BCUT2D eigenvalue weighted by molar-refractivity contribution is 5.97. The molecule has 0 aliphatic heterocycles. The minimum absolute atomic E-state index is 0.0271. The molecular formula is C36H54N6O10. The zero-order valence-electron chi connectivity index (χ0n) is 30.4. The third-order valence-electron chi connectivity index (χ3n) is 8.66. The second-order valence-electron chi connectivity index (χ2n) is 14.6. The normalized spacial score (nSPS) is 16.2. The summed E-state index contributed by atoms with van der Waals surface area (Å²) in [6, 6.07) is 1.87. The van der Waals surface area contributed by atoms with Gasteiger partial charge in [-0.3, -0.25) is 33.6 Å². The Balaban J connectivity index is 2.33. The molecule has 0 heterocycles. The molecule has 1 fully saturated rings. The first-order valence-electron chi connectivity index (χ1n) is 17.6. The summed E-state index contributed by atoms with van der Waals surface area (Å²) in [7, 11) is 0. The number of aliphatic carboxylic acids is 2. The van der Waals surface area contributed by atoms with Gasteiger partial charge in [0.15, 0.2) is 0 Å². The van der Waals surface area contributed by atoms with Crippen LogP contribution in [-0.4, -0.2) is 87.8 Å². The van der Waals surface area contributed by atoms with Crippen molar-refractivity contribution in [3.8, 4) is 0 Å². The molecule has 52 heavy (non-hydrogen) atoms. The fourth-order valence-electron chi connectivity index (χ4n) is 6.13. The van der Waals surface area contributed by atoms with Gasteiger partial charge in [-0.05, 0) is 36.2 Å². The van der Waals surface area contributed by atoms with E-state index in [1.54, 1.807) is 51.1 Å². The lowest BCUT2D eigenvalue weighted by atomic mass is 9.84. The maximum atomic E-state index is 13.8. The number of nitrogens with two attached hydrogens (primary N) is 1. The first-order chi connectivity index (χ1) is 24.3. The Hall–Kier alpha value is -5.02. The lowest BCUT2D eigenvalue weighted by molar-refractivity contribution is -0.143. The molecule has 1 aromatic carbocycles. The summed E-state index contributed by atoms with van der Waals surface area (Å²) >= 11 is 0. The minimum Gasteiger partial charge on any atom is -0.481 e. The van der Waals surface area contributed by atoms with Crippen molar-refractivity contribution in [2.24, 2.45) is 17.1 Å². The number of carbonyl (C=O) groups is 8. The molecule has 0 saturated heterocycles. The topological polar surface area (TPSA) is 263 Å². The van der Waals surface area contributed by atoms with Crippen molar-refractivity contribution in [2.75, 3.05) is 0 Å². The molecule has 1 aliphatic carbocycles. The van der Waals surface area contributed by atoms with Gasteiger partial charge in [-0.2, -0.15) is 0 Å². The maximum absolute atomic E-state index is 13.8. The van der Waals surface area contributed by atoms with Crippen LogP contribution in [0.4, 0.5) is 0 Å². The highest BCUT2D eigenvalue weighted by Crippen LogP contribution is 2.28. The molecule has 0 spiro atoms. The highest BCUT2D eigenvalue weighted by atomic mass is 16.4. The molecule has 1 aliphatic rings. The van der Waals surface area contributed by atoms with Crippen molar-refractivity contribution in [3.63, 3.8) is 0 Å². The maximum Gasteiger partial charge on any atom is 0.326 e. The van der Waals surface area contributed by atoms with E-state index in [0.29, 0.717) is 5.56 Å². The van der Waals surface area contributed by atoms with Crippen molar-refractivity contribution in [3.05, 3.63) is 35.9 Å². The molecule has 16 heteroatoms. The molecule has 1 unspecified atom stereocenters. The van der Waals surface area contributed by atoms with E-state index >= 15 is 0 Å². The predicted octanol–water partition coefficient (Wildman–Crippen LogP) is 0.904. The Bertz CT molecular complexity index is 1420. The van der Waals surface area contributed by atoms with Crippen LogP contribution in [0, 0.1) is 11.3 Å². The van der Waals surface area contributed by atoms with E-state index in [-0.39, 0.29) is 38.0 Å². The number of primary amides is 1. The summed E-state index contributed by atoms with van der Waals surface area (Å²) in [6.07, 6.45) is 3.34. The summed E-state index contributed by atoms with van der Waals surface area (Å²) < 4.78 is 0. The average Bonchev–Trinajstić information content (AvgIpc) is 3.05. The van der Waals surface area contributed by atoms with Crippen LogP contribution < -0.4 is 32.3 Å². The second-order valence-corrected chi connectivity index (χ2v) is 14.6. The summed E-state index contributed by atoms with van der Waals surface area (Å²) in [5.74, 6) is -7.40. The number of hydrogen-bond donors (Lipinski definition) is 8. The van der Waals surface area contributed by atoms with Crippen LogP contribution in [0.25, 0.3) is 0 Å². The predicted molar refractivity (Wildman–Crippen MR) is 189 cm³/mol. The summed E-state index contributed by atoms with van der Waals surface area (Å²) in [4.78, 5) is 102. The molecule has 1 aromatic rings. The molecule has 6 amide bonds. The van der Waals surface area contributed by atoms with E-state index in [1.165, 1.54) is 6.92 Å². The third-order valence-corrected chi connectivity index (χ3v) is 8.66.